The van der Waals surface area contributed by atoms with Gasteiger partial charge in [0.05, 0.1) is 67.1 Å². The van der Waals surface area contributed by atoms with Crippen molar-refractivity contribution in [1.29, 1.82) is 5.26 Å². The number of ketones is 1. The fourth-order valence-corrected chi connectivity index (χ4v) is 9.65. The van der Waals surface area contributed by atoms with E-state index in [1.165, 1.54) is 6.20 Å². The van der Waals surface area contributed by atoms with Gasteiger partial charge in [0.1, 0.15) is 18.3 Å². The number of rotatable bonds is 7. The number of cyclic esters (lactones) is 1. The van der Waals surface area contributed by atoms with Gasteiger partial charge in [-0.3, -0.25) is 9.59 Å². The van der Waals surface area contributed by atoms with Crippen molar-refractivity contribution in [2.24, 2.45) is 29.6 Å². The summed E-state index contributed by atoms with van der Waals surface area (Å²) in [6.07, 6.45) is 2.17. The summed E-state index contributed by atoms with van der Waals surface area (Å²) in [7, 11) is 3.87. The van der Waals surface area contributed by atoms with Crippen molar-refractivity contribution < 1.29 is 43.1 Å². The van der Waals surface area contributed by atoms with Crippen LogP contribution in [-0.4, -0.2) is 124 Å². The molecule has 0 aliphatic carbocycles. The van der Waals surface area contributed by atoms with Crippen molar-refractivity contribution in [3.63, 3.8) is 0 Å². The smallest absolute Gasteiger partial charge is 0.311 e. The highest BCUT2D eigenvalue weighted by Gasteiger charge is 2.58. The first-order valence-corrected chi connectivity index (χ1v) is 20.2. The second-order valence-electron chi connectivity index (χ2n) is 17.4. The Hall–Kier alpha value is -3.29. The monoisotopic (exact) mass is 779 g/mol. The summed E-state index contributed by atoms with van der Waals surface area (Å²) in [6.45, 7) is 16.0. The second kappa shape index (κ2) is 16.9. The summed E-state index contributed by atoms with van der Waals surface area (Å²) in [4.78, 5) is 34.9. The normalized spacial score (nSPS) is 41.1. The van der Waals surface area contributed by atoms with Gasteiger partial charge in [-0.25, -0.2) is 9.67 Å². The number of aromatic nitrogens is 3. The standard InChI is InChI=1S/C42H61N5O9/c1-11-32-42(8)37(49)25(4)35(56-42)23(2)16-41(7)38(55-40-34(48)31(46(9)10)14-24(3)53-40)26(5)36(27(6)39(50)54-32)51-21-29(22-52-41)15-28-12-13-33(44-18-28)47-20-30(17-43)19-45-47/h12-13,18-20,23-27,29,31-32,34-36,38,40,48H,11,14-16,21-22H2,1-10H3/t23-,24-,25?,26-,27-,29?,31+,32-,34-,35?,36+,38-,40+,41-,42?/m1/s1. The van der Waals surface area contributed by atoms with Crippen LogP contribution in [0.5, 0.6) is 0 Å². The van der Waals surface area contributed by atoms with Gasteiger partial charge >= 0.3 is 5.97 Å². The van der Waals surface area contributed by atoms with Crippen LogP contribution in [0.4, 0.5) is 0 Å². The quantitative estimate of drug-likeness (QED) is 0.396. The molecule has 6 rings (SSSR count). The van der Waals surface area contributed by atoms with Crippen LogP contribution < -0.4 is 0 Å². The van der Waals surface area contributed by atoms with Crippen LogP contribution in [0.15, 0.2) is 30.7 Å². The van der Waals surface area contributed by atoms with Gasteiger partial charge in [-0.15, -0.1) is 0 Å². The van der Waals surface area contributed by atoms with Crippen molar-refractivity contribution in [3.8, 4) is 11.9 Å². The first-order chi connectivity index (χ1) is 26.5. The topological polar surface area (TPSA) is 167 Å². The number of carbonyl (C=O) groups is 2. The van der Waals surface area contributed by atoms with E-state index in [1.807, 2.05) is 65.7 Å². The first-order valence-electron chi connectivity index (χ1n) is 20.2. The minimum Gasteiger partial charge on any atom is -0.459 e. The lowest BCUT2D eigenvalue weighted by Crippen LogP contribution is -2.59. The molecule has 4 bridgehead atoms. The Balaban J connectivity index is 1.39. The predicted molar refractivity (Wildman–Crippen MR) is 204 cm³/mol. The summed E-state index contributed by atoms with van der Waals surface area (Å²) >= 11 is 0. The average Bonchev–Trinajstić information content (AvgIpc) is 3.75. The van der Waals surface area contributed by atoms with Gasteiger partial charge in [-0.05, 0) is 85.0 Å². The molecule has 2 aromatic heterocycles. The number of esters is 1. The van der Waals surface area contributed by atoms with Crippen LogP contribution in [0.1, 0.15) is 85.8 Å². The molecule has 0 radical (unpaired) electrons. The molecule has 4 saturated heterocycles. The van der Waals surface area contributed by atoms with Crippen molar-refractivity contribution in [1.82, 2.24) is 19.7 Å². The summed E-state index contributed by atoms with van der Waals surface area (Å²) in [6, 6.07) is 5.72. The van der Waals surface area contributed by atoms with E-state index in [-0.39, 0.29) is 43.0 Å². The third-order valence-corrected chi connectivity index (χ3v) is 12.8. The second-order valence-corrected chi connectivity index (χ2v) is 17.4. The highest BCUT2D eigenvalue weighted by molar-refractivity contribution is 5.92. The Morgan fingerprint density at radius 3 is 2.46 bits per heavy atom. The Labute approximate surface area is 331 Å². The van der Waals surface area contributed by atoms with Crippen LogP contribution in [0.3, 0.4) is 0 Å². The molecule has 308 valence electrons. The third kappa shape index (κ3) is 8.32. The number of aliphatic hydroxyl groups is 1. The molecule has 14 heteroatoms. The Morgan fingerprint density at radius 2 is 1.82 bits per heavy atom. The minimum atomic E-state index is -1.30. The summed E-state index contributed by atoms with van der Waals surface area (Å²) in [5, 5.41) is 25.2. The van der Waals surface area contributed by atoms with Gasteiger partial charge in [0.2, 0.25) is 0 Å². The number of hydrogen-bond acceptors (Lipinski definition) is 13. The van der Waals surface area contributed by atoms with Gasteiger partial charge in [0.25, 0.3) is 0 Å². The molecule has 0 spiro atoms. The number of fused-ring (bicyclic) bond motifs is 5. The molecule has 6 heterocycles. The van der Waals surface area contributed by atoms with E-state index in [2.05, 4.69) is 23.1 Å². The Kier molecular flexibility index (Phi) is 12.8. The van der Waals surface area contributed by atoms with E-state index in [4.69, 9.17) is 28.4 Å². The number of nitriles is 1. The first kappa shape index (κ1) is 42.3. The molecular weight excluding hydrogens is 718 g/mol. The van der Waals surface area contributed by atoms with Gasteiger partial charge < -0.3 is 38.4 Å². The maximum atomic E-state index is 14.3. The largest absolute Gasteiger partial charge is 0.459 e. The maximum absolute atomic E-state index is 14.3. The molecule has 0 amide bonds. The van der Waals surface area contributed by atoms with E-state index >= 15 is 0 Å². The predicted octanol–water partition coefficient (Wildman–Crippen LogP) is 4.28. The molecule has 1 N–H and O–H groups in total. The van der Waals surface area contributed by atoms with Crippen LogP contribution in [0.2, 0.25) is 0 Å². The maximum Gasteiger partial charge on any atom is 0.311 e. The highest BCUT2D eigenvalue weighted by atomic mass is 16.7. The molecular formula is C42H61N5O9. The minimum absolute atomic E-state index is 0.0835. The van der Waals surface area contributed by atoms with E-state index in [0.717, 1.165) is 5.56 Å². The fraction of sp³-hybridized carbons (Fsp3) is 0.738. The number of hydrogen-bond donors (Lipinski definition) is 1. The zero-order valence-electron chi connectivity index (χ0n) is 34.6. The molecule has 0 saturated carbocycles. The molecule has 2 aromatic rings. The Morgan fingerprint density at radius 1 is 1.07 bits per heavy atom. The lowest BCUT2D eigenvalue weighted by molar-refractivity contribution is -0.303. The molecule has 4 fully saturated rings. The summed E-state index contributed by atoms with van der Waals surface area (Å²) in [5.74, 6) is -1.98. The number of likely N-dealkylation sites (N-methyl/N-ethyl adjacent to an activating group) is 1. The molecule has 4 aliphatic rings. The number of Topliss-reactive ketones (excluding diaryl/α,β-unsaturated/α-hetero) is 1. The molecule has 14 nitrogen and oxygen atoms in total. The van der Waals surface area contributed by atoms with Crippen LogP contribution >= 0.6 is 0 Å². The zero-order chi connectivity index (χ0) is 40.7. The molecule has 56 heavy (non-hydrogen) atoms. The molecule has 0 aromatic carbocycles. The average molecular weight is 780 g/mol. The van der Waals surface area contributed by atoms with Gasteiger partial charge in [-0.1, -0.05) is 33.8 Å². The number of aliphatic hydroxyl groups excluding tert-OH is 1. The number of nitrogens with zero attached hydrogens (tertiary/aromatic N) is 5. The van der Waals surface area contributed by atoms with Crippen LogP contribution in [-0.2, 0) is 44.4 Å². The van der Waals surface area contributed by atoms with Crippen molar-refractivity contribution in [2.75, 3.05) is 27.3 Å². The van der Waals surface area contributed by atoms with Crippen LogP contribution in [0, 0.1) is 40.9 Å². The number of carbonyl (C=O) groups excluding carboxylic acids is 2. The third-order valence-electron chi connectivity index (χ3n) is 12.8. The zero-order valence-corrected chi connectivity index (χ0v) is 34.6. The number of pyridine rings is 1. The molecule has 4 aliphatic heterocycles. The van der Waals surface area contributed by atoms with Crippen molar-refractivity contribution >= 4 is 11.8 Å². The van der Waals surface area contributed by atoms with E-state index in [9.17, 15) is 20.0 Å². The van der Waals surface area contributed by atoms with Crippen LogP contribution in [0.25, 0.3) is 5.82 Å². The summed E-state index contributed by atoms with van der Waals surface area (Å²) in [5.41, 5.74) is -0.927. The van der Waals surface area contributed by atoms with Gasteiger partial charge in [-0.2, -0.15) is 10.4 Å². The lowest BCUT2D eigenvalue weighted by atomic mass is 9.75. The van der Waals surface area contributed by atoms with E-state index in [1.54, 1.807) is 30.9 Å². The van der Waals surface area contributed by atoms with Gasteiger partial charge in [0, 0.05) is 30.0 Å². The van der Waals surface area contributed by atoms with E-state index < -0.39 is 71.7 Å². The van der Waals surface area contributed by atoms with E-state index in [0.29, 0.717) is 37.1 Å². The molecule has 4 unspecified atom stereocenters. The summed E-state index contributed by atoms with van der Waals surface area (Å²) < 4.78 is 41.8. The van der Waals surface area contributed by atoms with Gasteiger partial charge in [0.15, 0.2) is 23.5 Å². The number of ether oxygens (including phenoxy) is 6. The molecule has 15 atom stereocenters. The van der Waals surface area contributed by atoms with Crippen molar-refractivity contribution in [3.05, 3.63) is 41.9 Å². The van der Waals surface area contributed by atoms with Crippen molar-refractivity contribution in [2.45, 2.75) is 141 Å². The Bertz CT molecular complexity index is 1730. The highest BCUT2D eigenvalue weighted by Crippen LogP contribution is 2.45. The lowest BCUT2D eigenvalue weighted by Gasteiger charge is -2.48. The fourth-order valence-electron chi connectivity index (χ4n) is 9.65. The SMILES string of the molecule is CC[C@H]1OC(=O)[C@H](C)[C@H]2OCC(Cc3ccc(-n4cc(C#N)cn4)nc3)CO[C@](C)(C[C@@H](C)C3OC1(C)C(=O)C3C)[C@H](O[C@@H]1O[C@H](C)C[C@H](N(C)C)[C@H]1O)[C@@H]2C.